The van der Waals surface area contributed by atoms with Gasteiger partial charge in [-0.2, -0.15) is 8.78 Å². The number of imidazole rings is 1. The van der Waals surface area contributed by atoms with Crippen LogP contribution in [-0.2, 0) is 6.42 Å². The van der Waals surface area contributed by atoms with E-state index in [1.54, 1.807) is 23.1 Å². The first kappa shape index (κ1) is 17.3. The Bertz CT molecular complexity index is 973. The summed E-state index contributed by atoms with van der Waals surface area (Å²) in [6.07, 6.45) is 3.94. The number of nitrogens with zero attached hydrogens (tertiary/aromatic N) is 2. The summed E-state index contributed by atoms with van der Waals surface area (Å²) in [5.41, 5.74) is 6.18. The van der Waals surface area contributed by atoms with Crippen LogP contribution < -0.4 is 15.5 Å². The normalized spacial score (nSPS) is 16.2. The van der Waals surface area contributed by atoms with E-state index in [0.717, 1.165) is 41.4 Å². The van der Waals surface area contributed by atoms with Crippen molar-refractivity contribution in [3.8, 4) is 5.75 Å². The highest BCUT2D eigenvalue weighted by molar-refractivity contribution is 5.85. The molecule has 3 aromatic rings. The van der Waals surface area contributed by atoms with E-state index in [1.165, 1.54) is 6.07 Å². The van der Waals surface area contributed by atoms with Crippen molar-refractivity contribution in [3.63, 3.8) is 0 Å². The van der Waals surface area contributed by atoms with Crippen LogP contribution >= 0.6 is 0 Å². The fourth-order valence-electron chi connectivity index (χ4n) is 3.46. The van der Waals surface area contributed by atoms with Gasteiger partial charge in [0.05, 0.1) is 17.1 Å². The van der Waals surface area contributed by atoms with Gasteiger partial charge in [0.1, 0.15) is 12.1 Å². The van der Waals surface area contributed by atoms with E-state index in [-0.39, 0.29) is 17.8 Å². The minimum Gasteiger partial charge on any atom is -0.435 e. The Hall–Kier alpha value is -3.16. The molecule has 0 saturated carbocycles. The van der Waals surface area contributed by atoms with Gasteiger partial charge in [-0.25, -0.2) is 19.9 Å². The third-order valence-electron chi connectivity index (χ3n) is 4.63. The molecular formula is C19H18F2N4O2. The van der Waals surface area contributed by atoms with E-state index in [4.69, 9.17) is 0 Å². The van der Waals surface area contributed by atoms with Gasteiger partial charge in [-0.1, -0.05) is 18.2 Å². The lowest BCUT2D eigenvalue weighted by Crippen LogP contribution is -2.37. The van der Waals surface area contributed by atoms with Crippen LogP contribution in [0.3, 0.4) is 0 Å². The summed E-state index contributed by atoms with van der Waals surface area (Å²) in [7, 11) is 0. The summed E-state index contributed by atoms with van der Waals surface area (Å²) in [5, 5.41) is 2.95. The molecule has 0 saturated heterocycles. The Balaban J connectivity index is 1.48. The highest BCUT2D eigenvalue weighted by Crippen LogP contribution is 2.32. The van der Waals surface area contributed by atoms with E-state index in [2.05, 4.69) is 20.5 Å². The molecule has 1 aliphatic rings. The molecule has 27 heavy (non-hydrogen) atoms. The minimum absolute atomic E-state index is 0.138. The molecule has 140 valence electrons. The number of aromatic nitrogens is 2. The van der Waals surface area contributed by atoms with Crippen molar-refractivity contribution in [2.24, 2.45) is 0 Å². The van der Waals surface area contributed by atoms with Gasteiger partial charge in [-0.15, -0.1) is 0 Å². The van der Waals surface area contributed by atoms with Crippen LogP contribution in [0, 0.1) is 0 Å². The molecule has 1 atom stereocenters. The molecule has 0 radical (unpaired) electrons. The molecule has 6 nitrogen and oxygen atoms in total. The molecule has 0 bridgehead atoms. The number of para-hydroxylation sites is 2. The van der Waals surface area contributed by atoms with Gasteiger partial charge in [-0.3, -0.25) is 0 Å². The number of carbonyl (C=O) groups is 1. The first-order chi connectivity index (χ1) is 13.1. The topological polar surface area (TPSA) is 68.2 Å². The van der Waals surface area contributed by atoms with E-state index >= 15 is 0 Å². The van der Waals surface area contributed by atoms with Crippen LogP contribution in [0.4, 0.5) is 13.6 Å². The number of ether oxygens (including phenoxy) is 1. The van der Waals surface area contributed by atoms with E-state index in [9.17, 15) is 13.6 Å². The van der Waals surface area contributed by atoms with E-state index in [0.29, 0.717) is 0 Å². The molecule has 2 aromatic carbocycles. The second kappa shape index (κ2) is 7.22. The van der Waals surface area contributed by atoms with E-state index < -0.39 is 6.61 Å². The Kier molecular flexibility index (Phi) is 4.62. The number of urea groups is 1. The maximum atomic E-state index is 12.4. The molecule has 1 aromatic heterocycles. The standard InChI is InChI=1S/C19H18F2N4O2/c20-18(21)27-13-8-9-14-12(10-13)4-3-6-15(14)23-19(26)24-25-11-22-16-5-1-2-7-17(16)25/h1-2,5,7-11,15,18H,3-4,6H2,(H2,23,24,26)/t15-/m1/s1. The first-order valence-corrected chi connectivity index (χ1v) is 8.67. The summed E-state index contributed by atoms with van der Waals surface area (Å²) in [6.45, 7) is -2.85. The SMILES string of the molecule is O=C(N[C@@H]1CCCc2cc(OC(F)F)ccc21)Nn1cnc2ccccc21. The van der Waals surface area contributed by atoms with Crippen LogP contribution in [0.2, 0.25) is 0 Å². The summed E-state index contributed by atoms with van der Waals surface area (Å²) in [4.78, 5) is 16.7. The number of rotatable bonds is 4. The number of fused-ring (bicyclic) bond motifs is 2. The minimum atomic E-state index is -2.85. The van der Waals surface area contributed by atoms with Crippen LogP contribution in [0.15, 0.2) is 48.8 Å². The third-order valence-corrected chi connectivity index (χ3v) is 4.63. The van der Waals surface area contributed by atoms with Gasteiger partial charge in [0, 0.05) is 0 Å². The number of halogens is 2. The highest BCUT2D eigenvalue weighted by Gasteiger charge is 2.23. The number of hydrogen-bond donors (Lipinski definition) is 2. The number of alkyl halides is 2. The second-order valence-corrected chi connectivity index (χ2v) is 6.37. The summed E-state index contributed by atoms with van der Waals surface area (Å²) >= 11 is 0. The molecule has 1 aliphatic carbocycles. The van der Waals surface area contributed by atoms with Crippen LogP contribution in [0.1, 0.15) is 30.0 Å². The predicted octanol–water partition coefficient (Wildman–Crippen LogP) is 3.97. The third kappa shape index (κ3) is 3.69. The monoisotopic (exact) mass is 372 g/mol. The largest absolute Gasteiger partial charge is 0.435 e. The van der Waals surface area contributed by atoms with Gasteiger partial charge in [-0.05, 0) is 54.7 Å². The maximum absolute atomic E-state index is 12.4. The zero-order valence-electron chi connectivity index (χ0n) is 14.4. The van der Waals surface area contributed by atoms with Crippen LogP contribution in [-0.4, -0.2) is 22.3 Å². The van der Waals surface area contributed by atoms with Crippen molar-refractivity contribution < 1.29 is 18.3 Å². The number of benzene rings is 2. The predicted molar refractivity (Wildman–Crippen MR) is 96.4 cm³/mol. The zero-order chi connectivity index (χ0) is 18.8. The highest BCUT2D eigenvalue weighted by atomic mass is 19.3. The molecule has 2 N–H and O–H groups in total. The molecule has 2 amide bonds. The molecule has 1 heterocycles. The van der Waals surface area contributed by atoms with Crippen molar-refractivity contribution in [1.29, 1.82) is 0 Å². The lowest BCUT2D eigenvalue weighted by atomic mass is 9.87. The van der Waals surface area contributed by atoms with Crippen molar-refractivity contribution in [1.82, 2.24) is 15.0 Å². The van der Waals surface area contributed by atoms with Crippen molar-refractivity contribution >= 4 is 17.1 Å². The fraction of sp³-hybridized carbons (Fsp3) is 0.263. The van der Waals surface area contributed by atoms with Gasteiger partial charge in [0.2, 0.25) is 0 Å². The van der Waals surface area contributed by atoms with Gasteiger partial charge < -0.3 is 10.1 Å². The molecular weight excluding hydrogens is 354 g/mol. The van der Waals surface area contributed by atoms with Crippen LogP contribution in [0.5, 0.6) is 5.75 Å². The van der Waals surface area contributed by atoms with Gasteiger partial charge >= 0.3 is 12.6 Å². The quantitative estimate of drug-likeness (QED) is 0.728. The maximum Gasteiger partial charge on any atom is 0.387 e. The number of hydrogen-bond acceptors (Lipinski definition) is 3. The Morgan fingerprint density at radius 1 is 1.26 bits per heavy atom. The second-order valence-electron chi connectivity index (χ2n) is 6.37. The Labute approximate surface area is 154 Å². The summed E-state index contributed by atoms with van der Waals surface area (Å²) in [5.74, 6) is 0.138. The average Bonchev–Trinajstić information content (AvgIpc) is 3.04. The van der Waals surface area contributed by atoms with Crippen LogP contribution in [0.25, 0.3) is 11.0 Å². The van der Waals surface area contributed by atoms with Crippen molar-refractivity contribution in [2.75, 3.05) is 5.43 Å². The summed E-state index contributed by atoms with van der Waals surface area (Å²) in [6, 6.07) is 11.8. The van der Waals surface area contributed by atoms with Crippen molar-refractivity contribution in [3.05, 3.63) is 59.9 Å². The molecule has 0 spiro atoms. The first-order valence-electron chi connectivity index (χ1n) is 8.67. The smallest absolute Gasteiger partial charge is 0.387 e. The Morgan fingerprint density at radius 3 is 2.96 bits per heavy atom. The lowest BCUT2D eigenvalue weighted by Gasteiger charge is -2.27. The summed E-state index contributed by atoms with van der Waals surface area (Å²) < 4.78 is 30.8. The number of aryl methyl sites for hydroxylation is 1. The fourth-order valence-corrected chi connectivity index (χ4v) is 3.46. The molecule has 4 rings (SSSR count). The van der Waals surface area contributed by atoms with Gasteiger partial charge in [0.15, 0.2) is 0 Å². The van der Waals surface area contributed by atoms with E-state index in [1.807, 2.05) is 24.3 Å². The average molecular weight is 372 g/mol. The number of nitrogens with one attached hydrogen (secondary N) is 2. The molecule has 0 fully saturated rings. The zero-order valence-corrected chi connectivity index (χ0v) is 14.4. The van der Waals surface area contributed by atoms with Gasteiger partial charge in [0.25, 0.3) is 0 Å². The molecule has 8 heteroatoms. The number of amides is 2. The Morgan fingerprint density at radius 2 is 2.11 bits per heavy atom. The van der Waals surface area contributed by atoms with Crippen molar-refractivity contribution in [2.45, 2.75) is 31.9 Å². The lowest BCUT2D eigenvalue weighted by molar-refractivity contribution is -0.0499. The molecule has 0 aliphatic heterocycles. The number of carbonyl (C=O) groups excluding carboxylic acids is 1. The molecule has 0 unspecified atom stereocenters.